The minimum absolute atomic E-state index is 0.0000652. The van der Waals surface area contributed by atoms with Crippen molar-refractivity contribution in [3.8, 4) is 5.75 Å². The van der Waals surface area contributed by atoms with Crippen LogP contribution in [-0.2, 0) is 12.8 Å². The predicted octanol–water partition coefficient (Wildman–Crippen LogP) is 5.50. The standard InChI is InChI=1S/C22H26ClNO2/c1-3-20(17-10-9-15-7-5-6-8-16(15)13-17)24-22(25)18-11-12-21(26-4-2)19(23)14-18/h9-14,20H,3-8H2,1-2H3,(H,24,25)/t20-/m1/s1. The largest absolute Gasteiger partial charge is 0.492 e. The molecule has 3 rings (SSSR count). The third-order valence-electron chi connectivity index (χ3n) is 4.98. The highest BCUT2D eigenvalue weighted by Crippen LogP contribution is 2.28. The average molecular weight is 372 g/mol. The fraction of sp³-hybridized carbons (Fsp3) is 0.409. The molecule has 0 aliphatic heterocycles. The number of rotatable bonds is 6. The van der Waals surface area contributed by atoms with Gasteiger partial charge in [-0.15, -0.1) is 0 Å². The Kier molecular flexibility index (Phi) is 6.20. The summed E-state index contributed by atoms with van der Waals surface area (Å²) in [7, 11) is 0. The van der Waals surface area contributed by atoms with Crippen LogP contribution >= 0.6 is 11.6 Å². The fourth-order valence-corrected chi connectivity index (χ4v) is 3.78. The van der Waals surface area contributed by atoms with Crippen LogP contribution in [0.2, 0.25) is 5.02 Å². The second-order valence-electron chi connectivity index (χ2n) is 6.75. The van der Waals surface area contributed by atoms with Crippen molar-refractivity contribution in [2.24, 2.45) is 0 Å². The van der Waals surface area contributed by atoms with Crippen LogP contribution in [0.5, 0.6) is 5.75 Å². The van der Waals surface area contributed by atoms with Crippen molar-refractivity contribution in [2.45, 2.75) is 52.0 Å². The van der Waals surface area contributed by atoms with Crippen LogP contribution in [0.1, 0.15) is 66.2 Å². The Morgan fingerprint density at radius 1 is 1.12 bits per heavy atom. The summed E-state index contributed by atoms with van der Waals surface area (Å²) in [6.07, 6.45) is 5.68. The topological polar surface area (TPSA) is 38.3 Å². The third kappa shape index (κ3) is 4.21. The molecule has 0 bridgehead atoms. The van der Waals surface area contributed by atoms with E-state index in [-0.39, 0.29) is 11.9 Å². The van der Waals surface area contributed by atoms with E-state index < -0.39 is 0 Å². The highest BCUT2D eigenvalue weighted by molar-refractivity contribution is 6.32. The van der Waals surface area contributed by atoms with Crippen molar-refractivity contribution in [1.82, 2.24) is 5.32 Å². The normalized spacial score (nSPS) is 14.4. The van der Waals surface area contributed by atoms with Gasteiger partial charge in [-0.2, -0.15) is 0 Å². The van der Waals surface area contributed by atoms with Crippen molar-refractivity contribution in [2.75, 3.05) is 6.61 Å². The first-order chi connectivity index (χ1) is 12.6. The first-order valence-electron chi connectivity index (χ1n) is 9.47. The van der Waals surface area contributed by atoms with Gasteiger partial charge in [0, 0.05) is 5.56 Å². The Labute approximate surface area is 160 Å². The van der Waals surface area contributed by atoms with Crippen molar-refractivity contribution in [3.05, 3.63) is 63.7 Å². The van der Waals surface area contributed by atoms with Gasteiger partial charge in [0.25, 0.3) is 5.91 Å². The Bertz CT molecular complexity index is 788. The quantitative estimate of drug-likeness (QED) is 0.728. The van der Waals surface area contributed by atoms with Crippen molar-refractivity contribution in [1.29, 1.82) is 0 Å². The van der Waals surface area contributed by atoms with Gasteiger partial charge in [0.05, 0.1) is 17.7 Å². The molecule has 2 aromatic rings. The molecule has 0 saturated heterocycles. The number of carbonyl (C=O) groups excluding carboxylic acids is 1. The molecule has 1 amide bonds. The minimum Gasteiger partial charge on any atom is -0.492 e. The van der Waals surface area contributed by atoms with Gasteiger partial charge in [-0.3, -0.25) is 4.79 Å². The molecule has 1 N–H and O–H groups in total. The molecular formula is C22H26ClNO2. The maximum atomic E-state index is 12.7. The summed E-state index contributed by atoms with van der Waals surface area (Å²) < 4.78 is 5.43. The number of hydrogen-bond acceptors (Lipinski definition) is 2. The summed E-state index contributed by atoms with van der Waals surface area (Å²) >= 11 is 6.21. The maximum absolute atomic E-state index is 12.7. The Hall–Kier alpha value is -2.00. The van der Waals surface area contributed by atoms with E-state index in [2.05, 4.69) is 30.4 Å². The number of aryl methyl sites for hydroxylation is 2. The monoisotopic (exact) mass is 371 g/mol. The Morgan fingerprint density at radius 2 is 1.88 bits per heavy atom. The van der Waals surface area contributed by atoms with Gasteiger partial charge < -0.3 is 10.1 Å². The summed E-state index contributed by atoms with van der Waals surface area (Å²) in [4.78, 5) is 12.7. The highest BCUT2D eigenvalue weighted by atomic mass is 35.5. The molecular weight excluding hydrogens is 346 g/mol. The molecule has 0 unspecified atom stereocenters. The molecule has 4 heteroatoms. The van der Waals surface area contributed by atoms with Crippen LogP contribution in [0.25, 0.3) is 0 Å². The van der Waals surface area contributed by atoms with E-state index >= 15 is 0 Å². The lowest BCUT2D eigenvalue weighted by atomic mass is 9.88. The van der Waals surface area contributed by atoms with E-state index in [1.54, 1.807) is 18.2 Å². The molecule has 138 valence electrons. The summed E-state index contributed by atoms with van der Waals surface area (Å²) in [6.45, 7) is 4.54. The zero-order valence-electron chi connectivity index (χ0n) is 15.5. The number of hydrogen-bond donors (Lipinski definition) is 1. The molecule has 1 aliphatic rings. The lowest BCUT2D eigenvalue weighted by molar-refractivity contribution is 0.0935. The molecule has 0 saturated carbocycles. The van der Waals surface area contributed by atoms with Gasteiger partial charge in [-0.25, -0.2) is 0 Å². The number of ether oxygens (including phenoxy) is 1. The minimum atomic E-state index is -0.112. The molecule has 2 aromatic carbocycles. The average Bonchev–Trinajstić information content (AvgIpc) is 2.67. The van der Waals surface area contributed by atoms with Crippen LogP contribution in [0, 0.1) is 0 Å². The summed E-state index contributed by atoms with van der Waals surface area (Å²) in [5, 5.41) is 3.61. The van der Waals surface area contributed by atoms with Gasteiger partial charge in [-0.1, -0.05) is 36.7 Å². The molecule has 0 radical (unpaired) electrons. The van der Waals surface area contributed by atoms with E-state index in [0.29, 0.717) is 22.9 Å². The molecule has 0 heterocycles. The second-order valence-corrected chi connectivity index (χ2v) is 7.15. The van der Waals surface area contributed by atoms with Crippen molar-refractivity contribution in [3.63, 3.8) is 0 Å². The van der Waals surface area contributed by atoms with E-state index in [1.807, 2.05) is 6.92 Å². The summed E-state index contributed by atoms with van der Waals surface area (Å²) in [6, 6.07) is 11.8. The Balaban J connectivity index is 1.75. The van der Waals surface area contributed by atoms with Crippen LogP contribution in [0.3, 0.4) is 0 Å². The molecule has 0 aromatic heterocycles. The van der Waals surface area contributed by atoms with Crippen molar-refractivity contribution < 1.29 is 9.53 Å². The van der Waals surface area contributed by atoms with E-state index in [0.717, 1.165) is 12.8 Å². The van der Waals surface area contributed by atoms with Crippen LogP contribution in [0.4, 0.5) is 0 Å². The second kappa shape index (κ2) is 8.59. The molecule has 1 atom stereocenters. The first kappa shape index (κ1) is 18.8. The predicted molar refractivity (Wildman–Crippen MR) is 106 cm³/mol. The highest BCUT2D eigenvalue weighted by Gasteiger charge is 2.17. The molecule has 0 fully saturated rings. The Morgan fingerprint density at radius 3 is 2.58 bits per heavy atom. The lowest BCUT2D eigenvalue weighted by Crippen LogP contribution is -2.28. The number of nitrogens with one attached hydrogen (secondary N) is 1. The zero-order valence-corrected chi connectivity index (χ0v) is 16.2. The number of fused-ring (bicyclic) bond motifs is 1. The van der Waals surface area contributed by atoms with E-state index in [1.165, 1.54) is 36.0 Å². The smallest absolute Gasteiger partial charge is 0.251 e. The summed E-state index contributed by atoms with van der Waals surface area (Å²) in [5.74, 6) is 0.493. The van der Waals surface area contributed by atoms with Crippen molar-refractivity contribution >= 4 is 17.5 Å². The van der Waals surface area contributed by atoms with Gasteiger partial charge in [0.15, 0.2) is 0 Å². The van der Waals surface area contributed by atoms with Gasteiger partial charge in [-0.05, 0) is 73.9 Å². The summed E-state index contributed by atoms with van der Waals surface area (Å²) in [5.41, 5.74) is 4.62. The zero-order chi connectivity index (χ0) is 18.5. The maximum Gasteiger partial charge on any atom is 0.251 e. The van der Waals surface area contributed by atoms with Crippen LogP contribution in [-0.4, -0.2) is 12.5 Å². The third-order valence-corrected chi connectivity index (χ3v) is 5.28. The molecule has 0 spiro atoms. The first-order valence-corrected chi connectivity index (χ1v) is 9.85. The fourth-order valence-electron chi connectivity index (χ4n) is 3.55. The number of carbonyl (C=O) groups is 1. The molecule has 3 nitrogen and oxygen atoms in total. The SMILES string of the molecule is CCOc1ccc(C(=O)N[C@H](CC)c2ccc3c(c2)CCCC3)cc1Cl. The van der Waals surface area contributed by atoms with Gasteiger partial charge in [0.2, 0.25) is 0 Å². The number of halogens is 1. The van der Waals surface area contributed by atoms with Gasteiger partial charge in [0.1, 0.15) is 5.75 Å². The van der Waals surface area contributed by atoms with Gasteiger partial charge >= 0.3 is 0 Å². The van der Waals surface area contributed by atoms with Crippen LogP contribution < -0.4 is 10.1 Å². The number of benzene rings is 2. The van der Waals surface area contributed by atoms with Crippen LogP contribution in [0.15, 0.2) is 36.4 Å². The lowest BCUT2D eigenvalue weighted by Gasteiger charge is -2.22. The number of amides is 1. The molecule has 1 aliphatic carbocycles. The molecule has 26 heavy (non-hydrogen) atoms. The van der Waals surface area contributed by atoms with E-state index in [4.69, 9.17) is 16.3 Å². The van der Waals surface area contributed by atoms with E-state index in [9.17, 15) is 4.79 Å².